The molecule has 0 saturated carbocycles. The Kier molecular flexibility index (Phi) is 7.09. The van der Waals surface area contributed by atoms with Crippen LogP contribution in [0.3, 0.4) is 0 Å². The minimum atomic E-state index is -0.443. The molecular formula is C26H33N5O4. The summed E-state index contributed by atoms with van der Waals surface area (Å²) in [5, 5.41) is 3.18. The number of carbonyl (C=O) groups is 3. The van der Waals surface area contributed by atoms with Gasteiger partial charge in [0.25, 0.3) is 5.91 Å². The summed E-state index contributed by atoms with van der Waals surface area (Å²) in [7, 11) is 0. The number of nitrogens with zero attached hydrogens (tertiary/aromatic N) is 3. The summed E-state index contributed by atoms with van der Waals surface area (Å²) in [5.41, 5.74) is 9.69. The van der Waals surface area contributed by atoms with Gasteiger partial charge < -0.3 is 25.6 Å². The molecule has 1 fully saturated rings. The number of nitrogens with two attached hydrogens (primary N) is 1. The Morgan fingerprint density at radius 3 is 2.37 bits per heavy atom. The fourth-order valence-corrected chi connectivity index (χ4v) is 4.67. The highest BCUT2D eigenvalue weighted by atomic mass is 16.6. The third-order valence-electron chi connectivity index (χ3n) is 6.32. The Morgan fingerprint density at radius 2 is 1.74 bits per heavy atom. The summed E-state index contributed by atoms with van der Waals surface area (Å²) in [6.07, 6.45) is -1.05. The fraction of sp³-hybridized carbons (Fsp3) is 0.423. The van der Waals surface area contributed by atoms with Crippen molar-refractivity contribution in [3.8, 4) is 11.1 Å². The van der Waals surface area contributed by atoms with Crippen molar-refractivity contribution in [3.05, 3.63) is 48.0 Å². The normalized spacial score (nSPS) is 20.0. The maximum atomic E-state index is 12.9. The van der Waals surface area contributed by atoms with Gasteiger partial charge in [-0.1, -0.05) is 18.2 Å². The van der Waals surface area contributed by atoms with E-state index in [-0.39, 0.29) is 30.1 Å². The first kappa shape index (κ1) is 24.7. The van der Waals surface area contributed by atoms with Crippen molar-refractivity contribution < 1.29 is 19.1 Å². The lowest BCUT2D eigenvalue weighted by molar-refractivity contribution is -0.117. The molecule has 2 atom stereocenters. The van der Waals surface area contributed by atoms with Crippen molar-refractivity contribution in [2.45, 2.75) is 46.0 Å². The Morgan fingerprint density at radius 1 is 1.06 bits per heavy atom. The number of rotatable bonds is 3. The lowest BCUT2D eigenvalue weighted by atomic mass is 9.99. The highest BCUT2D eigenvalue weighted by Crippen LogP contribution is 2.39. The molecule has 4 rings (SSSR count). The number of hydrogen-bond donors (Lipinski definition) is 2. The van der Waals surface area contributed by atoms with Crippen LogP contribution < -0.4 is 20.9 Å². The molecule has 0 aliphatic carbocycles. The van der Waals surface area contributed by atoms with Crippen LogP contribution in [0.25, 0.3) is 11.1 Å². The van der Waals surface area contributed by atoms with Gasteiger partial charge in [-0.25, -0.2) is 4.79 Å². The molecule has 3 amide bonds. The molecule has 0 radical (unpaired) electrons. The predicted octanol–water partition coefficient (Wildman–Crippen LogP) is 2.79. The van der Waals surface area contributed by atoms with Crippen LogP contribution in [-0.4, -0.2) is 67.3 Å². The van der Waals surface area contributed by atoms with Gasteiger partial charge in [0.15, 0.2) is 0 Å². The molecule has 3 N–H and O–H groups in total. The predicted molar refractivity (Wildman–Crippen MR) is 135 cm³/mol. The van der Waals surface area contributed by atoms with Crippen LogP contribution in [0, 0.1) is 0 Å². The SMILES string of the molecule is CC(=O)N1c2ccc(-c3ccc(C(=O)N4CCNC[C@@H]4N)cc3)cc2N(C(=O)OC(C)C)C[C@@H]1C. The topological polar surface area (TPSA) is 108 Å². The minimum Gasteiger partial charge on any atom is -0.446 e. The molecule has 2 aliphatic heterocycles. The van der Waals surface area contributed by atoms with Crippen molar-refractivity contribution in [2.24, 2.45) is 5.73 Å². The lowest BCUT2D eigenvalue weighted by Crippen LogP contribution is -2.57. The fourth-order valence-electron chi connectivity index (χ4n) is 4.67. The summed E-state index contributed by atoms with van der Waals surface area (Å²) in [5.74, 6) is -0.179. The number of nitrogens with one attached hydrogen (secondary N) is 1. The van der Waals surface area contributed by atoms with E-state index in [2.05, 4.69) is 5.32 Å². The third kappa shape index (κ3) is 5.01. The number of ether oxygens (including phenoxy) is 1. The number of benzene rings is 2. The van der Waals surface area contributed by atoms with Crippen molar-refractivity contribution in [1.82, 2.24) is 10.2 Å². The van der Waals surface area contributed by atoms with Crippen molar-refractivity contribution in [3.63, 3.8) is 0 Å². The van der Waals surface area contributed by atoms with Gasteiger partial charge in [-0.15, -0.1) is 0 Å². The summed E-state index contributed by atoms with van der Waals surface area (Å²) in [6, 6.07) is 12.8. The molecule has 2 aliphatic rings. The molecule has 35 heavy (non-hydrogen) atoms. The second-order valence-electron chi connectivity index (χ2n) is 9.33. The van der Waals surface area contributed by atoms with E-state index in [1.54, 1.807) is 40.7 Å². The van der Waals surface area contributed by atoms with Crippen molar-refractivity contribution in [1.29, 1.82) is 0 Å². The van der Waals surface area contributed by atoms with Crippen LogP contribution in [0.4, 0.5) is 16.2 Å². The van der Waals surface area contributed by atoms with Gasteiger partial charge in [0, 0.05) is 38.7 Å². The Labute approximate surface area is 205 Å². The molecule has 0 bridgehead atoms. The summed E-state index contributed by atoms with van der Waals surface area (Å²) in [6.45, 7) is 9.24. The molecular weight excluding hydrogens is 446 g/mol. The van der Waals surface area contributed by atoms with E-state index in [1.165, 1.54) is 6.92 Å². The Bertz CT molecular complexity index is 1120. The first-order chi connectivity index (χ1) is 16.7. The van der Waals surface area contributed by atoms with Gasteiger partial charge in [0.1, 0.15) is 0 Å². The number of amides is 3. The molecule has 0 spiro atoms. The molecule has 186 valence electrons. The molecule has 9 heteroatoms. The maximum absolute atomic E-state index is 12.9. The molecule has 0 unspecified atom stereocenters. The smallest absolute Gasteiger partial charge is 0.414 e. The largest absolute Gasteiger partial charge is 0.446 e. The summed E-state index contributed by atoms with van der Waals surface area (Å²) in [4.78, 5) is 43.1. The average molecular weight is 480 g/mol. The zero-order valence-electron chi connectivity index (χ0n) is 20.7. The van der Waals surface area contributed by atoms with Crippen LogP contribution in [-0.2, 0) is 9.53 Å². The van der Waals surface area contributed by atoms with Crippen molar-refractivity contribution in [2.75, 3.05) is 36.0 Å². The van der Waals surface area contributed by atoms with E-state index in [0.29, 0.717) is 36.6 Å². The van der Waals surface area contributed by atoms with Gasteiger partial charge in [-0.3, -0.25) is 14.5 Å². The Hall–Kier alpha value is -3.43. The number of fused-ring (bicyclic) bond motifs is 1. The quantitative estimate of drug-likeness (QED) is 0.701. The van der Waals surface area contributed by atoms with E-state index in [4.69, 9.17) is 10.5 Å². The van der Waals surface area contributed by atoms with Gasteiger partial charge in [0.2, 0.25) is 5.91 Å². The van der Waals surface area contributed by atoms with Crippen molar-refractivity contribution >= 4 is 29.3 Å². The first-order valence-electron chi connectivity index (χ1n) is 12.0. The van der Waals surface area contributed by atoms with Gasteiger partial charge in [-0.05, 0) is 56.2 Å². The van der Waals surface area contributed by atoms with Gasteiger partial charge >= 0.3 is 6.09 Å². The first-order valence-corrected chi connectivity index (χ1v) is 12.0. The maximum Gasteiger partial charge on any atom is 0.414 e. The standard InChI is InChI=1S/C26H33N5O4/c1-16(2)35-26(34)30-15-17(3)31(18(4)32)22-10-9-21(13-23(22)30)19-5-7-20(8-6-19)25(33)29-12-11-28-14-24(29)27/h5-10,13,16-17,24,28H,11-12,14-15,27H2,1-4H3/t17-,24+/m0/s1. The zero-order chi connectivity index (χ0) is 25.3. The van der Waals surface area contributed by atoms with E-state index in [1.807, 2.05) is 37.3 Å². The van der Waals surface area contributed by atoms with Crippen LogP contribution in [0.1, 0.15) is 38.1 Å². The third-order valence-corrected chi connectivity index (χ3v) is 6.32. The molecule has 1 saturated heterocycles. The summed E-state index contributed by atoms with van der Waals surface area (Å²) < 4.78 is 5.47. The highest BCUT2D eigenvalue weighted by molar-refractivity contribution is 6.03. The molecule has 2 heterocycles. The van der Waals surface area contributed by atoms with E-state index in [0.717, 1.165) is 17.7 Å². The second kappa shape index (κ2) is 10.1. The average Bonchev–Trinajstić information content (AvgIpc) is 2.82. The second-order valence-corrected chi connectivity index (χ2v) is 9.33. The van der Waals surface area contributed by atoms with Crippen LogP contribution in [0.15, 0.2) is 42.5 Å². The number of anilines is 2. The highest BCUT2D eigenvalue weighted by Gasteiger charge is 2.35. The lowest BCUT2D eigenvalue weighted by Gasteiger charge is -2.40. The monoisotopic (exact) mass is 479 g/mol. The minimum absolute atomic E-state index is 0.0858. The molecule has 0 aromatic heterocycles. The van der Waals surface area contributed by atoms with E-state index in [9.17, 15) is 14.4 Å². The molecule has 2 aromatic rings. The molecule has 9 nitrogen and oxygen atoms in total. The Balaban J connectivity index is 1.66. The van der Waals surface area contributed by atoms with E-state index < -0.39 is 6.09 Å². The number of hydrogen-bond acceptors (Lipinski definition) is 6. The van der Waals surface area contributed by atoms with Crippen LogP contribution in [0.5, 0.6) is 0 Å². The van der Waals surface area contributed by atoms with Gasteiger partial charge in [0.05, 0.1) is 29.7 Å². The van der Waals surface area contributed by atoms with Crippen LogP contribution in [0.2, 0.25) is 0 Å². The van der Waals surface area contributed by atoms with E-state index >= 15 is 0 Å². The summed E-state index contributed by atoms with van der Waals surface area (Å²) >= 11 is 0. The molecule has 2 aromatic carbocycles. The van der Waals surface area contributed by atoms with Gasteiger partial charge in [-0.2, -0.15) is 0 Å². The number of carbonyl (C=O) groups excluding carboxylic acids is 3. The van der Waals surface area contributed by atoms with Crippen LogP contribution >= 0.6 is 0 Å². The zero-order valence-corrected chi connectivity index (χ0v) is 20.7. The number of piperazine rings is 1.